The number of hydrogen-bond donors (Lipinski definition) is 4. The smallest absolute Gasteiger partial charge is 0.395 e. The lowest BCUT2D eigenvalue weighted by atomic mass is 9.92. The van der Waals surface area contributed by atoms with Crippen LogP contribution in [0.5, 0.6) is 11.5 Å². The van der Waals surface area contributed by atoms with E-state index in [9.17, 15) is 27.1 Å². The Hall–Kier alpha value is -4.01. The first-order chi connectivity index (χ1) is 20.6. The number of nitrogens with one attached hydrogen (secondary N) is 3. The number of carbonyl (C=O) groups is 1. The molecule has 11 nitrogen and oxygen atoms in total. The van der Waals surface area contributed by atoms with E-state index in [0.29, 0.717) is 29.9 Å². The SMILES string of the molecule is Cc1ncc(S(=O)(=O)NC[C@H](O)Cn2c(C(C)(C)C)cc3cc(NC(=O)C4(c5ccc6c(c5)OC(F)(F)O6)CC4)ccc32)[nH]1.[HH].[HH].[HH]. The molecule has 4 N–H and O–H groups in total. The third-order valence-corrected chi connectivity index (χ3v) is 9.27. The normalized spacial score (nSPS) is 17.5. The van der Waals surface area contributed by atoms with E-state index in [0.717, 1.165) is 16.6 Å². The number of nitrogens with zero attached hydrogens (tertiary/aromatic N) is 2. The number of fused-ring (bicyclic) bond motifs is 2. The van der Waals surface area contributed by atoms with Crippen molar-refractivity contribution < 1.29 is 40.9 Å². The molecule has 14 heteroatoms. The number of halogens is 2. The molecule has 4 aromatic rings. The Balaban J connectivity index is 0.00000200. The number of rotatable bonds is 9. The topological polar surface area (TPSA) is 148 Å². The van der Waals surface area contributed by atoms with Crippen LogP contribution in [0, 0.1) is 6.92 Å². The summed E-state index contributed by atoms with van der Waals surface area (Å²) >= 11 is 0. The van der Waals surface area contributed by atoms with Gasteiger partial charge >= 0.3 is 6.29 Å². The molecule has 2 aromatic carbocycles. The minimum Gasteiger partial charge on any atom is -0.395 e. The van der Waals surface area contributed by atoms with E-state index < -0.39 is 27.8 Å². The van der Waals surface area contributed by atoms with Gasteiger partial charge < -0.3 is 29.4 Å². The van der Waals surface area contributed by atoms with Crippen molar-refractivity contribution in [2.75, 3.05) is 11.9 Å². The largest absolute Gasteiger partial charge is 0.586 e. The molecule has 2 aliphatic rings. The van der Waals surface area contributed by atoms with E-state index in [1.165, 1.54) is 18.3 Å². The van der Waals surface area contributed by atoms with Gasteiger partial charge in [0.2, 0.25) is 5.91 Å². The first-order valence-corrected chi connectivity index (χ1v) is 15.6. The Morgan fingerprint density at radius 1 is 1.16 bits per heavy atom. The molecule has 2 aromatic heterocycles. The number of aromatic amines is 1. The molecular formula is C30H39F2N5O6S. The van der Waals surface area contributed by atoms with Gasteiger partial charge in [-0.25, -0.2) is 18.1 Å². The second kappa shape index (κ2) is 10.3. The first kappa shape index (κ1) is 30.0. The fraction of sp³-hybridized carbons (Fsp3) is 0.400. The van der Waals surface area contributed by atoms with Crippen molar-refractivity contribution in [2.45, 2.75) is 75.3 Å². The molecule has 6 rings (SSSR count). The molecule has 0 radical (unpaired) electrons. The summed E-state index contributed by atoms with van der Waals surface area (Å²) in [6, 6.07) is 11.9. The van der Waals surface area contributed by atoms with Crippen LogP contribution in [0.15, 0.2) is 53.7 Å². The summed E-state index contributed by atoms with van der Waals surface area (Å²) in [4.78, 5) is 20.1. The molecule has 0 unspecified atom stereocenters. The summed E-state index contributed by atoms with van der Waals surface area (Å²) in [7, 11) is -3.87. The highest BCUT2D eigenvalue weighted by Crippen LogP contribution is 2.52. The van der Waals surface area contributed by atoms with Crippen LogP contribution < -0.4 is 19.5 Å². The van der Waals surface area contributed by atoms with Crippen molar-refractivity contribution in [3.63, 3.8) is 0 Å². The summed E-state index contributed by atoms with van der Waals surface area (Å²) in [5, 5.41) is 14.6. The molecule has 44 heavy (non-hydrogen) atoms. The second-order valence-electron chi connectivity index (χ2n) is 12.4. The number of anilines is 1. The molecule has 240 valence electrons. The van der Waals surface area contributed by atoms with Gasteiger partial charge in [0.15, 0.2) is 16.5 Å². The number of hydrogen-bond acceptors (Lipinski definition) is 7. The zero-order chi connectivity index (χ0) is 31.7. The number of aliphatic hydroxyl groups excluding tert-OH is 1. The fourth-order valence-corrected chi connectivity index (χ4v) is 6.57. The van der Waals surface area contributed by atoms with Crippen LogP contribution in [0.3, 0.4) is 0 Å². The van der Waals surface area contributed by atoms with Crippen LogP contribution in [-0.4, -0.2) is 52.9 Å². The Morgan fingerprint density at radius 3 is 2.55 bits per heavy atom. The van der Waals surface area contributed by atoms with Gasteiger partial charge in [-0.2, -0.15) is 0 Å². The molecule has 0 saturated heterocycles. The number of ether oxygens (including phenoxy) is 2. The average Bonchev–Trinajstić information content (AvgIpc) is 3.33. The van der Waals surface area contributed by atoms with Crippen LogP contribution in [0.25, 0.3) is 10.9 Å². The van der Waals surface area contributed by atoms with Crippen molar-refractivity contribution in [1.29, 1.82) is 0 Å². The predicted octanol–water partition coefficient (Wildman–Crippen LogP) is 5.04. The lowest BCUT2D eigenvalue weighted by Crippen LogP contribution is -2.35. The lowest BCUT2D eigenvalue weighted by Gasteiger charge is -2.24. The molecule has 3 heterocycles. The van der Waals surface area contributed by atoms with Crippen molar-refractivity contribution in [1.82, 2.24) is 19.3 Å². The number of carbonyl (C=O) groups excluding carboxylic acids is 1. The van der Waals surface area contributed by atoms with Crippen molar-refractivity contribution in [3.05, 3.63) is 65.7 Å². The number of imidazole rings is 1. The Morgan fingerprint density at radius 2 is 1.89 bits per heavy atom. The summed E-state index contributed by atoms with van der Waals surface area (Å²) in [6.45, 7) is 7.66. The van der Waals surface area contributed by atoms with Gasteiger partial charge in [-0.05, 0) is 61.7 Å². The fourth-order valence-electron chi connectivity index (χ4n) is 5.53. The minimum absolute atomic E-state index is 0. The third-order valence-electron chi connectivity index (χ3n) is 7.94. The van der Waals surface area contributed by atoms with Crippen LogP contribution in [0.1, 0.15) is 55.0 Å². The van der Waals surface area contributed by atoms with Gasteiger partial charge in [0.1, 0.15) is 5.82 Å². The molecule has 1 amide bonds. The van der Waals surface area contributed by atoms with Gasteiger partial charge in [0.05, 0.1) is 24.3 Å². The maximum absolute atomic E-state index is 13.5. The van der Waals surface area contributed by atoms with Crippen molar-refractivity contribution >= 4 is 32.5 Å². The first-order valence-electron chi connectivity index (χ1n) is 14.1. The van der Waals surface area contributed by atoms with E-state index in [4.69, 9.17) is 0 Å². The van der Waals surface area contributed by atoms with Crippen molar-refractivity contribution in [2.24, 2.45) is 0 Å². The predicted molar refractivity (Wildman–Crippen MR) is 164 cm³/mol. The van der Waals surface area contributed by atoms with E-state index in [-0.39, 0.29) is 45.2 Å². The minimum atomic E-state index is -3.87. The van der Waals surface area contributed by atoms with Crippen LogP contribution in [0.4, 0.5) is 14.5 Å². The molecule has 1 aliphatic heterocycles. The Kier molecular flexibility index (Phi) is 7.02. The maximum atomic E-state index is 13.5. The third kappa shape index (κ3) is 5.64. The number of aliphatic hydroxyl groups is 1. The molecule has 1 fully saturated rings. The average molecular weight is 636 g/mol. The Labute approximate surface area is 257 Å². The standard InChI is InChI=1S/C30H33F2N5O6S.3H2/c1-17-33-15-26(35-17)44(40,41)34-14-21(38)16-37-22-7-6-20(11-18(22)12-25(37)28(2,3)4)36-27(39)29(9-10-29)19-5-8-23-24(13-19)43-30(31,32)42-23;;;/h5-8,11-13,15,21,34,38H,9-10,14,16H2,1-4H3,(H,33,35)(H,36,39);3*1H/t21-;;;/m0.../s1. The van der Waals surface area contributed by atoms with E-state index in [2.05, 4.69) is 29.5 Å². The van der Waals surface area contributed by atoms with E-state index in [1.54, 1.807) is 19.1 Å². The highest BCUT2D eigenvalue weighted by atomic mass is 32.2. The number of aromatic nitrogens is 3. The molecular weight excluding hydrogens is 596 g/mol. The molecule has 1 saturated carbocycles. The van der Waals surface area contributed by atoms with E-state index >= 15 is 0 Å². The van der Waals surface area contributed by atoms with Crippen molar-refractivity contribution in [3.8, 4) is 11.5 Å². The van der Waals surface area contributed by atoms with Crippen LogP contribution in [-0.2, 0) is 32.2 Å². The number of alkyl halides is 2. The molecule has 0 bridgehead atoms. The summed E-state index contributed by atoms with van der Waals surface area (Å²) in [6.07, 6.45) is -2.44. The van der Waals surface area contributed by atoms with Gasteiger partial charge in [0.25, 0.3) is 10.0 Å². The summed E-state index contributed by atoms with van der Waals surface area (Å²) in [5.41, 5.74) is 1.67. The highest BCUT2D eigenvalue weighted by Gasteiger charge is 2.52. The molecule has 1 atom stereocenters. The number of aryl methyl sites for hydroxylation is 1. The zero-order valence-electron chi connectivity index (χ0n) is 24.6. The number of amides is 1. The van der Waals surface area contributed by atoms with Crippen LogP contribution >= 0.6 is 0 Å². The van der Waals surface area contributed by atoms with Gasteiger partial charge in [-0.15, -0.1) is 8.78 Å². The summed E-state index contributed by atoms with van der Waals surface area (Å²) in [5.74, 6) is 0.0289. The van der Waals surface area contributed by atoms with E-state index in [1.807, 2.05) is 43.5 Å². The quantitative estimate of drug-likeness (QED) is 0.202. The molecule has 1 aliphatic carbocycles. The van der Waals surface area contributed by atoms with Gasteiger partial charge in [-0.3, -0.25) is 4.79 Å². The molecule has 0 spiro atoms. The van der Waals surface area contributed by atoms with Gasteiger partial charge in [0, 0.05) is 38.5 Å². The highest BCUT2D eigenvalue weighted by molar-refractivity contribution is 7.89. The zero-order valence-corrected chi connectivity index (χ0v) is 25.4. The second-order valence-corrected chi connectivity index (χ2v) is 14.1. The lowest BCUT2D eigenvalue weighted by molar-refractivity contribution is -0.286. The number of sulfonamides is 1. The summed E-state index contributed by atoms with van der Waals surface area (Å²) < 4.78 is 65.6. The Bertz CT molecular complexity index is 1890. The van der Waals surface area contributed by atoms with Crippen LogP contribution in [0.2, 0.25) is 0 Å². The maximum Gasteiger partial charge on any atom is 0.586 e. The number of benzene rings is 2. The van der Waals surface area contributed by atoms with Gasteiger partial charge in [-0.1, -0.05) is 26.8 Å². The monoisotopic (exact) mass is 635 g/mol. The number of H-pyrrole nitrogens is 1.